The highest BCUT2D eigenvalue weighted by Crippen LogP contribution is 2.37. The number of imidazole rings is 2. The minimum absolute atomic E-state index is 0.108. The summed E-state index contributed by atoms with van der Waals surface area (Å²) < 4.78 is 9.64. The molecule has 0 saturated carbocycles. The van der Waals surface area contributed by atoms with E-state index in [-0.39, 0.29) is 35.7 Å². The SMILES string of the molecule is COC(=O)NC(C(=O)N1CCC[C@H]1c1nc2ccc(-c3cc4ccc3CCc3ccc(c(-c5ccc6nc([C@@H]7CCCN7C(=O)C(NC(=O)OC)C(C)C)[nH]c6c5)c3)CC4)cc2[nH]1)C(C)C. The zero-order chi connectivity index (χ0) is 46.2. The first-order valence-electron chi connectivity index (χ1n) is 23.4. The van der Waals surface area contributed by atoms with Gasteiger partial charge in [0, 0.05) is 13.1 Å². The Morgan fingerprint density at radius 1 is 0.591 bits per heavy atom. The van der Waals surface area contributed by atoms with Crippen molar-refractivity contribution in [1.29, 1.82) is 0 Å². The molecule has 2 fully saturated rings. The van der Waals surface area contributed by atoms with Gasteiger partial charge >= 0.3 is 12.2 Å². The summed E-state index contributed by atoms with van der Waals surface area (Å²) in [5.74, 6) is 1.05. The van der Waals surface area contributed by atoms with E-state index in [4.69, 9.17) is 19.4 Å². The van der Waals surface area contributed by atoms with Gasteiger partial charge in [-0.15, -0.1) is 0 Å². The highest BCUT2D eigenvalue weighted by atomic mass is 16.5. The Morgan fingerprint density at radius 3 is 1.41 bits per heavy atom. The first kappa shape index (κ1) is 44.5. The second kappa shape index (κ2) is 18.7. The summed E-state index contributed by atoms with van der Waals surface area (Å²) in [5, 5.41) is 5.48. The van der Waals surface area contributed by atoms with Crippen LogP contribution in [0.3, 0.4) is 0 Å². The summed E-state index contributed by atoms with van der Waals surface area (Å²) in [6.07, 6.45) is 5.52. The number of amides is 4. The Balaban J connectivity index is 0.941. The fraction of sp³-hybridized carbons (Fsp3) is 0.423. The summed E-state index contributed by atoms with van der Waals surface area (Å²) in [6, 6.07) is 24.8. The molecule has 6 aromatic rings. The maximum atomic E-state index is 13.8. The number of hydrogen-bond acceptors (Lipinski definition) is 8. The molecule has 4 heterocycles. The topological polar surface area (TPSA) is 175 Å². The van der Waals surface area contributed by atoms with Gasteiger partial charge in [-0.3, -0.25) is 9.59 Å². The normalized spacial score (nSPS) is 18.2. The third-order valence-electron chi connectivity index (χ3n) is 13.8. The first-order chi connectivity index (χ1) is 31.9. The van der Waals surface area contributed by atoms with Crippen molar-refractivity contribution in [3.63, 3.8) is 0 Å². The predicted octanol–water partition coefficient (Wildman–Crippen LogP) is 8.75. The maximum Gasteiger partial charge on any atom is 0.407 e. The molecule has 4 atom stereocenters. The van der Waals surface area contributed by atoms with E-state index in [0.717, 1.165) is 96.2 Å². The van der Waals surface area contributed by atoms with Crippen LogP contribution in [0.15, 0.2) is 72.8 Å². The molecule has 4 bridgehead atoms. The third-order valence-corrected chi connectivity index (χ3v) is 13.8. The van der Waals surface area contributed by atoms with E-state index in [1.54, 1.807) is 0 Å². The van der Waals surface area contributed by atoms with Crippen LogP contribution in [0.1, 0.15) is 99.4 Å². The van der Waals surface area contributed by atoms with Crippen LogP contribution in [0.2, 0.25) is 0 Å². The quantitative estimate of drug-likeness (QED) is 0.106. The Labute approximate surface area is 385 Å². The van der Waals surface area contributed by atoms with Gasteiger partial charge in [-0.05, 0) is 132 Å². The number of rotatable bonds is 10. The molecule has 14 nitrogen and oxygen atoms in total. The van der Waals surface area contributed by atoms with Gasteiger partial charge in [0.1, 0.15) is 23.7 Å². The highest BCUT2D eigenvalue weighted by molar-refractivity contribution is 5.88. The molecular formula is C52H60N8O6. The van der Waals surface area contributed by atoms with Crippen molar-refractivity contribution in [2.24, 2.45) is 11.8 Å². The van der Waals surface area contributed by atoms with Crippen LogP contribution >= 0.6 is 0 Å². The van der Waals surface area contributed by atoms with E-state index in [1.807, 2.05) is 37.5 Å². The summed E-state index contributed by atoms with van der Waals surface area (Å²) in [6.45, 7) is 8.88. The lowest BCUT2D eigenvalue weighted by atomic mass is 9.87. The van der Waals surface area contributed by atoms with Crippen LogP contribution in [0, 0.1) is 11.8 Å². The van der Waals surface area contributed by atoms with Gasteiger partial charge in [-0.1, -0.05) is 76.2 Å². The Bertz CT molecular complexity index is 2620. The number of nitrogens with one attached hydrogen (secondary N) is 4. The molecule has 2 unspecified atom stereocenters. The molecule has 4 aliphatic carbocycles. The molecule has 6 aliphatic rings. The minimum atomic E-state index is -0.692. The van der Waals surface area contributed by atoms with Crippen molar-refractivity contribution in [3.05, 3.63) is 107 Å². The number of benzene rings is 4. The largest absolute Gasteiger partial charge is 0.453 e. The van der Waals surface area contributed by atoms with E-state index in [9.17, 15) is 19.2 Å². The number of alkyl carbamates (subject to hydrolysis) is 2. The van der Waals surface area contributed by atoms with Gasteiger partial charge in [-0.25, -0.2) is 19.6 Å². The number of carbonyl (C=O) groups is 4. The molecule has 0 spiro atoms. The molecule has 14 heteroatoms. The summed E-state index contributed by atoms with van der Waals surface area (Å²) >= 11 is 0. The minimum Gasteiger partial charge on any atom is -0.453 e. The van der Waals surface area contributed by atoms with Gasteiger partial charge in [0.05, 0.1) is 48.4 Å². The number of hydrogen-bond donors (Lipinski definition) is 4. The number of aromatic nitrogens is 4. The zero-order valence-corrected chi connectivity index (χ0v) is 38.7. The van der Waals surface area contributed by atoms with Crippen LogP contribution in [-0.4, -0.2) is 93.1 Å². The lowest BCUT2D eigenvalue weighted by Gasteiger charge is -2.29. The van der Waals surface area contributed by atoms with Crippen molar-refractivity contribution < 1.29 is 28.7 Å². The summed E-state index contributed by atoms with van der Waals surface area (Å²) in [4.78, 5) is 72.7. The van der Waals surface area contributed by atoms with Crippen LogP contribution in [0.4, 0.5) is 9.59 Å². The predicted molar refractivity (Wildman–Crippen MR) is 254 cm³/mol. The Kier molecular flexibility index (Phi) is 12.6. The Morgan fingerprint density at radius 2 is 1.02 bits per heavy atom. The van der Waals surface area contributed by atoms with Gasteiger partial charge in [0.15, 0.2) is 0 Å². The molecular weight excluding hydrogens is 833 g/mol. The number of H-pyrrole nitrogens is 2. The third kappa shape index (κ3) is 8.84. The molecule has 12 rings (SSSR count). The monoisotopic (exact) mass is 892 g/mol. The number of nitrogens with zero attached hydrogens (tertiary/aromatic N) is 4. The van der Waals surface area contributed by atoms with Crippen molar-refractivity contribution in [3.8, 4) is 22.3 Å². The average Bonchev–Trinajstić information content (AvgIpc) is 4.15. The number of methoxy groups -OCH3 is 2. The van der Waals surface area contributed by atoms with Crippen LogP contribution in [-0.2, 0) is 44.7 Å². The van der Waals surface area contributed by atoms with E-state index < -0.39 is 24.3 Å². The fourth-order valence-electron chi connectivity index (χ4n) is 10.2. The van der Waals surface area contributed by atoms with Crippen molar-refractivity contribution in [1.82, 2.24) is 40.4 Å². The van der Waals surface area contributed by atoms with Gasteiger partial charge in [0.2, 0.25) is 11.8 Å². The van der Waals surface area contributed by atoms with Crippen molar-refractivity contribution >= 4 is 46.1 Å². The second-order valence-electron chi connectivity index (χ2n) is 18.8. The molecule has 2 saturated heterocycles. The van der Waals surface area contributed by atoms with Gasteiger partial charge in [0.25, 0.3) is 0 Å². The van der Waals surface area contributed by atoms with Gasteiger partial charge < -0.3 is 39.9 Å². The van der Waals surface area contributed by atoms with Crippen LogP contribution in [0.25, 0.3) is 44.3 Å². The molecule has 4 amide bonds. The number of fused-ring (bicyclic) bond motifs is 2. The fourth-order valence-corrected chi connectivity index (χ4v) is 10.2. The van der Waals surface area contributed by atoms with Crippen molar-refractivity contribution in [2.45, 2.75) is 103 Å². The number of likely N-dealkylation sites (tertiary alicyclic amines) is 2. The van der Waals surface area contributed by atoms with E-state index in [1.165, 1.54) is 47.6 Å². The molecule has 4 aromatic carbocycles. The maximum absolute atomic E-state index is 13.8. The van der Waals surface area contributed by atoms with Gasteiger partial charge in [-0.2, -0.15) is 0 Å². The average molecular weight is 893 g/mol. The molecule has 2 aromatic heterocycles. The smallest absolute Gasteiger partial charge is 0.407 e. The summed E-state index contributed by atoms with van der Waals surface area (Å²) in [7, 11) is 2.61. The molecule has 2 aliphatic heterocycles. The summed E-state index contributed by atoms with van der Waals surface area (Å²) in [5.41, 5.74) is 13.3. The highest BCUT2D eigenvalue weighted by Gasteiger charge is 2.39. The van der Waals surface area contributed by atoms with E-state index in [2.05, 4.69) is 93.4 Å². The number of ether oxygens (including phenoxy) is 2. The number of carbonyl (C=O) groups excluding carboxylic acids is 4. The lowest BCUT2D eigenvalue weighted by Crippen LogP contribution is -2.51. The molecule has 66 heavy (non-hydrogen) atoms. The number of aryl methyl sites for hydroxylation is 4. The number of aromatic amines is 2. The van der Waals surface area contributed by atoms with E-state index >= 15 is 0 Å². The second-order valence-corrected chi connectivity index (χ2v) is 18.8. The zero-order valence-electron chi connectivity index (χ0n) is 38.7. The van der Waals surface area contributed by atoms with E-state index in [0.29, 0.717) is 13.1 Å². The Hall–Kier alpha value is -6.70. The lowest BCUT2D eigenvalue weighted by molar-refractivity contribution is -0.136. The first-order valence-corrected chi connectivity index (χ1v) is 23.4. The molecule has 4 N–H and O–H groups in total. The molecule has 0 radical (unpaired) electrons. The van der Waals surface area contributed by atoms with Crippen LogP contribution in [0.5, 0.6) is 0 Å². The standard InChI is InChI=1S/C52H60N8O6/c1-29(2)45(57-51(63)65-5)49(61)59-23-7-9-43(59)47-53-39-21-19-35(27-41(39)55-47)37-25-31-11-15-33(37)17-13-32-12-16-34(18-14-31)38(26-32)36-20-22-40-42(28-36)56-48(54-40)44-10-8-24-60(44)50(62)46(30(3)4)58-52(64)66-6/h11-12,15-16,19-22,25-30,43-46H,7-10,13-14,17-18,23-24H2,1-6H3,(H,53,55)(H,54,56)(H,57,63)(H,58,64)/t43-,44-,45?,46?/m0/s1. The van der Waals surface area contributed by atoms with Crippen molar-refractivity contribution in [2.75, 3.05) is 27.3 Å². The molecule has 344 valence electrons. The van der Waals surface area contributed by atoms with Crippen LogP contribution < -0.4 is 10.6 Å².